The third-order valence-corrected chi connectivity index (χ3v) is 5.77. The number of amides is 1. The smallest absolute Gasteiger partial charge is 0.253 e. The van der Waals surface area contributed by atoms with Crippen LogP contribution in [0.2, 0.25) is 5.02 Å². The van der Waals surface area contributed by atoms with E-state index in [1.165, 1.54) is 0 Å². The van der Waals surface area contributed by atoms with Gasteiger partial charge >= 0.3 is 0 Å². The van der Waals surface area contributed by atoms with Crippen LogP contribution in [-0.4, -0.2) is 29.6 Å². The highest BCUT2D eigenvalue weighted by Crippen LogP contribution is 2.37. The van der Waals surface area contributed by atoms with Crippen LogP contribution in [0.3, 0.4) is 0 Å². The first-order valence-corrected chi connectivity index (χ1v) is 9.27. The van der Waals surface area contributed by atoms with Crippen LogP contribution in [0.5, 0.6) is 0 Å². The Balaban J connectivity index is 1.72. The Labute approximate surface area is 151 Å². The second-order valence-electron chi connectivity index (χ2n) is 5.65. The summed E-state index contributed by atoms with van der Waals surface area (Å²) in [7, 11) is 0. The number of carbonyl (C=O) groups excluding carboxylic acids is 1. The van der Waals surface area contributed by atoms with Gasteiger partial charge in [0, 0.05) is 34.7 Å². The summed E-state index contributed by atoms with van der Waals surface area (Å²) in [5, 5.41) is 10.1. The quantitative estimate of drug-likeness (QED) is 0.793. The normalized spacial score (nSPS) is 17.8. The molecule has 1 aliphatic heterocycles. The highest BCUT2D eigenvalue weighted by molar-refractivity contribution is 7.99. The van der Waals surface area contributed by atoms with Crippen LogP contribution in [0.25, 0.3) is 0 Å². The van der Waals surface area contributed by atoms with Gasteiger partial charge in [-0.05, 0) is 36.2 Å². The standard InChI is InChI=1S/C19H17ClN2OS/c20-17-7-2-1-6-16(17)18-8-9-22(10-11-24-18)19(23)15-5-3-4-14(12-15)13-21/h1-7,12,18H,8-11H2. The van der Waals surface area contributed by atoms with Crippen LogP contribution >= 0.6 is 23.4 Å². The SMILES string of the molecule is N#Cc1cccc(C(=O)N2CCSC(c3ccccc3Cl)CC2)c1. The number of nitrogens with zero attached hydrogens (tertiary/aromatic N) is 2. The number of halogens is 1. The van der Waals surface area contributed by atoms with E-state index in [1.807, 2.05) is 34.9 Å². The molecule has 0 aliphatic carbocycles. The molecule has 122 valence electrons. The van der Waals surface area contributed by atoms with Crippen LogP contribution < -0.4 is 0 Å². The van der Waals surface area contributed by atoms with Gasteiger partial charge in [-0.15, -0.1) is 0 Å². The highest BCUT2D eigenvalue weighted by Gasteiger charge is 2.24. The number of carbonyl (C=O) groups is 1. The average Bonchev–Trinajstić information content (AvgIpc) is 2.87. The molecule has 2 aromatic rings. The predicted octanol–water partition coefficient (Wildman–Crippen LogP) is 4.53. The van der Waals surface area contributed by atoms with Gasteiger partial charge in [-0.2, -0.15) is 17.0 Å². The maximum atomic E-state index is 12.7. The summed E-state index contributed by atoms with van der Waals surface area (Å²) in [4.78, 5) is 14.6. The van der Waals surface area contributed by atoms with E-state index >= 15 is 0 Å². The molecule has 0 N–H and O–H groups in total. The zero-order valence-corrected chi connectivity index (χ0v) is 14.7. The largest absolute Gasteiger partial charge is 0.338 e. The molecule has 0 aromatic heterocycles. The van der Waals surface area contributed by atoms with E-state index in [1.54, 1.807) is 24.3 Å². The number of hydrogen-bond donors (Lipinski definition) is 0. The van der Waals surface area contributed by atoms with Crippen molar-refractivity contribution in [3.05, 3.63) is 70.2 Å². The summed E-state index contributed by atoms with van der Waals surface area (Å²) in [6.07, 6.45) is 0.873. The first-order chi connectivity index (χ1) is 11.7. The minimum absolute atomic E-state index is 0.00694. The molecule has 0 bridgehead atoms. The zero-order chi connectivity index (χ0) is 16.9. The van der Waals surface area contributed by atoms with Crippen molar-refractivity contribution < 1.29 is 4.79 Å². The third kappa shape index (κ3) is 3.75. The van der Waals surface area contributed by atoms with Crippen molar-refractivity contribution in [2.75, 3.05) is 18.8 Å². The first-order valence-electron chi connectivity index (χ1n) is 7.84. The van der Waals surface area contributed by atoms with E-state index in [0.717, 1.165) is 22.8 Å². The van der Waals surface area contributed by atoms with Gasteiger partial charge in [0.05, 0.1) is 11.6 Å². The topological polar surface area (TPSA) is 44.1 Å². The molecule has 2 aromatic carbocycles. The van der Waals surface area contributed by atoms with Crippen LogP contribution in [0, 0.1) is 11.3 Å². The maximum Gasteiger partial charge on any atom is 0.253 e. The van der Waals surface area contributed by atoms with Crippen LogP contribution in [0.4, 0.5) is 0 Å². The summed E-state index contributed by atoms with van der Waals surface area (Å²) < 4.78 is 0. The Kier molecular flexibility index (Phi) is 5.44. The van der Waals surface area contributed by atoms with E-state index in [0.29, 0.717) is 29.5 Å². The lowest BCUT2D eigenvalue weighted by molar-refractivity contribution is 0.0766. The molecule has 1 unspecified atom stereocenters. The zero-order valence-electron chi connectivity index (χ0n) is 13.1. The fourth-order valence-corrected chi connectivity index (χ4v) is 4.46. The Morgan fingerprint density at radius 3 is 2.83 bits per heavy atom. The fraction of sp³-hybridized carbons (Fsp3) is 0.263. The van der Waals surface area contributed by atoms with E-state index in [9.17, 15) is 4.79 Å². The minimum atomic E-state index is -0.00694. The number of thioether (sulfide) groups is 1. The number of benzene rings is 2. The van der Waals surface area contributed by atoms with E-state index in [-0.39, 0.29) is 5.91 Å². The first kappa shape index (κ1) is 16.9. The Morgan fingerprint density at radius 2 is 2.04 bits per heavy atom. The van der Waals surface area contributed by atoms with Gasteiger partial charge < -0.3 is 4.90 Å². The van der Waals surface area contributed by atoms with E-state index in [4.69, 9.17) is 16.9 Å². The molecule has 1 atom stereocenters. The summed E-state index contributed by atoms with van der Waals surface area (Å²) in [6, 6.07) is 16.9. The maximum absolute atomic E-state index is 12.7. The van der Waals surface area contributed by atoms with Crippen LogP contribution in [0.15, 0.2) is 48.5 Å². The van der Waals surface area contributed by atoms with Crippen molar-refractivity contribution in [1.29, 1.82) is 5.26 Å². The van der Waals surface area contributed by atoms with Crippen molar-refractivity contribution in [3.63, 3.8) is 0 Å². The van der Waals surface area contributed by atoms with Gasteiger partial charge in [0.15, 0.2) is 0 Å². The minimum Gasteiger partial charge on any atom is -0.338 e. The molecule has 0 radical (unpaired) electrons. The molecular formula is C19H17ClN2OS. The Hall–Kier alpha value is -1.96. The summed E-state index contributed by atoms with van der Waals surface area (Å²) in [5.74, 6) is 0.868. The fourth-order valence-electron chi connectivity index (χ4n) is 2.86. The molecule has 1 saturated heterocycles. The molecule has 3 rings (SSSR count). The van der Waals surface area contributed by atoms with Crippen molar-refractivity contribution in [2.45, 2.75) is 11.7 Å². The van der Waals surface area contributed by atoms with Crippen LogP contribution in [-0.2, 0) is 0 Å². The predicted molar refractivity (Wildman–Crippen MR) is 98.3 cm³/mol. The molecule has 1 heterocycles. The highest BCUT2D eigenvalue weighted by atomic mass is 35.5. The molecule has 5 heteroatoms. The van der Waals surface area contributed by atoms with Crippen molar-refractivity contribution >= 4 is 29.3 Å². The van der Waals surface area contributed by atoms with Crippen molar-refractivity contribution in [1.82, 2.24) is 4.90 Å². The van der Waals surface area contributed by atoms with E-state index in [2.05, 4.69) is 12.1 Å². The molecule has 0 saturated carbocycles. The number of hydrogen-bond acceptors (Lipinski definition) is 3. The Morgan fingerprint density at radius 1 is 1.21 bits per heavy atom. The third-order valence-electron chi connectivity index (χ3n) is 4.12. The van der Waals surface area contributed by atoms with Gasteiger partial charge in [-0.25, -0.2) is 0 Å². The lowest BCUT2D eigenvalue weighted by Crippen LogP contribution is -2.33. The van der Waals surface area contributed by atoms with E-state index < -0.39 is 0 Å². The van der Waals surface area contributed by atoms with Crippen molar-refractivity contribution in [2.24, 2.45) is 0 Å². The Bertz CT molecular complexity index is 787. The second-order valence-corrected chi connectivity index (χ2v) is 7.37. The van der Waals surface area contributed by atoms with Gasteiger partial charge in [-0.1, -0.05) is 35.9 Å². The summed E-state index contributed by atoms with van der Waals surface area (Å²) in [6.45, 7) is 1.40. The molecule has 24 heavy (non-hydrogen) atoms. The number of rotatable bonds is 2. The van der Waals surface area contributed by atoms with Gasteiger partial charge in [0.25, 0.3) is 5.91 Å². The summed E-state index contributed by atoms with van der Waals surface area (Å²) >= 11 is 8.16. The molecule has 1 amide bonds. The van der Waals surface area contributed by atoms with Gasteiger partial charge in [0.2, 0.25) is 0 Å². The lowest BCUT2D eigenvalue weighted by atomic mass is 10.1. The van der Waals surface area contributed by atoms with Gasteiger partial charge in [-0.3, -0.25) is 4.79 Å². The number of nitriles is 1. The summed E-state index contributed by atoms with van der Waals surface area (Å²) in [5.41, 5.74) is 2.24. The molecule has 0 spiro atoms. The van der Waals surface area contributed by atoms with Crippen LogP contribution in [0.1, 0.15) is 33.2 Å². The van der Waals surface area contributed by atoms with Crippen molar-refractivity contribution in [3.8, 4) is 6.07 Å². The molecule has 1 aliphatic rings. The molecular weight excluding hydrogens is 340 g/mol. The molecule has 3 nitrogen and oxygen atoms in total. The van der Waals surface area contributed by atoms with Gasteiger partial charge in [0.1, 0.15) is 0 Å². The molecule has 1 fully saturated rings. The average molecular weight is 357 g/mol. The lowest BCUT2D eigenvalue weighted by Gasteiger charge is -2.20. The monoisotopic (exact) mass is 356 g/mol. The second kappa shape index (κ2) is 7.74.